The second-order valence-corrected chi connectivity index (χ2v) is 9.54. The van der Waals surface area contributed by atoms with E-state index in [9.17, 15) is 4.79 Å². The summed E-state index contributed by atoms with van der Waals surface area (Å²) in [6.45, 7) is 10.0. The molecule has 0 spiro atoms. The Bertz CT molecular complexity index is 1150. The van der Waals surface area contributed by atoms with Gasteiger partial charge in [-0.3, -0.25) is 9.69 Å². The topological polar surface area (TPSA) is 79.8 Å². The van der Waals surface area contributed by atoms with Crippen LogP contribution in [-0.2, 0) is 9.53 Å². The Morgan fingerprint density at radius 2 is 1.86 bits per heavy atom. The maximum Gasteiger partial charge on any atom is 0.221 e. The summed E-state index contributed by atoms with van der Waals surface area (Å²) >= 11 is 0. The van der Waals surface area contributed by atoms with Crippen LogP contribution < -0.4 is 15.0 Å². The molecule has 1 N–H and O–H groups in total. The fraction of sp³-hybridized carbons (Fsp3) is 0.483. The molecule has 8 nitrogen and oxygen atoms in total. The summed E-state index contributed by atoms with van der Waals surface area (Å²) in [5.74, 6) is 2.40. The van der Waals surface area contributed by atoms with Crippen LogP contribution >= 0.6 is 0 Å². The molecule has 3 aromatic rings. The molecule has 4 rings (SSSR count). The van der Waals surface area contributed by atoms with E-state index < -0.39 is 0 Å². The smallest absolute Gasteiger partial charge is 0.221 e. The van der Waals surface area contributed by atoms with Crippen LogP contribution in [0.5, 0.6) is 5.75 Å². The van der Waals surface area contributed by atoms with Crippen LogP contribution in [-0.4, -0.2) is 79.9 Å². The van der Waals surface area contributed by atoms with E-state index in [0.29, 0.717) is 18.8 Å². The number of hydrogen-bond acceptors (Lipinski definition) is 7. The summed E-state index contributed by atoms with van der Waals surface area (Å²) in [5.41, 5.74) is 1.82. The highest BCUT2D eigenvalue weighted by atomic mass is 16.5. The van der Waals surface area contributed by atoms with Gasteiger partial charge in [-0.15, -0.1) is 0 Å². The molecule has 1 aromatic heterocycles. The molecule has 2 heterocycles. The van der Waals surface area contributed by atoms with Crippen molar-refractivity contribution in [2.45, 2.75) is 39.2 Å². The molecule has 0 aliphatic carbocycles. The van der Waals surface area contributed by atoms with Crippen molar-refractivity contribution in [3.63, 3.8) is 0 Å². The van der Waals surface area contributed by atoms with Gasteiger partial charge in [0.2, 0.25) is 5.91 Å². The van der Waals surface area contributed by atoms with Crippen molar-refractivity contribution in [1.82, 2.24) is 20.2 Å². The van der Waals surface area contributed by atoms with E-state index in [1.807, 2.05) is 49.4 Å². The number of nitrogens with one attached hydrogen (secondary N) is 1. The number of rotatable bonds is 12. The van der Waals surface area contributed by atoms with Crippen molar-refractivity contribution in [3.05, 3.63) is 48.5 Å². The summed E-state index contributed by atoms with van der Waals surface area (Å²) in [5, 5.41) is 4.09. The zero-order valence-corrected chi connectivity index (χ0v) is 22.3. The lowest BCUT2D eigenvalue weighted by Crippen LogP contribution is -2.39. The molecule has 1 atom stereocenters. The van der Waals surface area contributed by atoms with Crippen LogP contribution in [0.15, 0.2) is 48.5 Å². The maximum atomic E-state index is 12.7. The Morgan fingerprint density at radius 3 is 2.59 bits per heavy atom. The Balaban J connectivity index is 1.61. The summed E-state index contributed by atoms with van der Waals surface area (Å²) in [7, 11) is 1.66. The highest BCUT2D eigenvalue weighted by Crippen LogP contribution is 2.29. The average molecular weight is 506 g/mol. The Kier molecular flexibility index (Phi) is 9.68. The third-order valence-electron chi connectivity index (χ3n) is 6.87. The van der Waals surface area contributed by atoms with Crippen LogP contribution in [0.4, 0.5) is 5.82 Å². The highest BCUT2D eigenvalue weighted by Gasteiger charge is 2.18. The number of aromatic nitrogens is 2. The van der Waals surface area contributed by atoms with Crippen LogP contribution in [0.25, 0.3) is 22.3 Å². The lowest BCUT2D eigenvalue weighted by Gasteiger charge is -2.29. The fourth-order valence-electron chi connectivity index (χ4n) is 4.49. The van der Waals surface area contributed by atoms with E-state index in [0.717, 1.165) is 80.3 Å². The first kappa shape index (κ1) is 26.8. The molecule has 198 valence electrons. The first-order valence-corrected chi connectivity index (χ1v) is 13.3. The van der Waals surface area contributed by atoms with Crippen LogP contribution in [0, 0.1) is 0 Å². The number of hydrogen-bond donors (Lipinski definition) is 1. The Labute approximate surface area is 220 Å². The average Bonchev–Trinajstić information content (AvgIpc) is 2.94. The summed E-state index contributed by atoms with van der Waals surface area (Å²) < 4.78 is 10.8. The molecule has 8 heteroatoms. The van der Waals surface area contributed by atoms with Crippen LogP contribution in [0.2, 0.25) is 0 Å². The number of para-hydroxylation sites is 1. The van der Waals surface area contributed by atoms with Crippen LogP contribution in [0.1, 0.15) is 33.1 Å². The minimum atomic E-state index is 0.0706. The maximum absolute atomic E-state index is 12.7. The van der Waals surface area contributed by atoms with E-state index >= 15 is 0 Å². The molecular weight excluding hydrogens is 466 g/mol. The molecule has 1 aliphatic rings. The SMILES string of the molecule is CC[C@@H](C)NC(=O)CCN(CCCN1CCOCC1)c1nc(-c2ccc(OC)cc2)nc2ccccc12. The number of benzene rings is 2. The van der Waals surface area contributed by atoms with E-state index in [2.05, 4.69) is 28.1 Å². The molecule has 2 aromatic carbocycles. The van der Waals surface area contributed by atoms with Crippen molar-refractivity contribution in [1.29, 1.82) is 0 Å². The Morgan fingerprint density at radius 1 is 1.11 bits per heavy atom. The third kappa shape index (κ3) is 7.40. The second kappa shape index (κ2) is 13.4. The largest absolute Gasteiger partial charge is 0.497 e. The molecule has 0 saturated carbocycles. The predicted octanol–water partition coefficient (Wildman–Crippen LogP) is 4.14. The van der Waals surface area contributed by atoms with Crippen LogP contribution in [0.3, 0.4) is 0 Å². The molecule has 1 fully saturated rings. The zero-order valence-electron chi connectivity index (χ0n) is 22.3. The molecular formula is C29H39N5O3. The number of amides is 1. The van der Waals surface area contributed by atoms with Gasteiger partial charge in [0, 0.05) is 56.1 Å². The summed E-state index contributed by atoms with van der Waals surface area (Å²) in [4.78, 5) is 27.3. The minimum absolute atomic E-state index is 0.0706. The number of carbonyl (C=O) groups excluding carboxylic acids is 1. The number of morpholine rings is 1. The van der Waals surface area contributed by atoms with Gasteiger partial charge in [-0.2, -0.15) is 0 Å². The molecule has 1 saturated heterocycles. The third-order valence-corrected chi connectivity index (χ3v) is 6.87. The predicted molar refractivity (Wildman–Crippen MR) is 148 cm³/mol. The van der Waals surface area contributed by atoms with Gasteiger partial charge in [-0.05, 0) is 56.2 Å². The molecule has 0 radical (unpaired) electrons. The van der Waals surface area contributed by atoms with E-state index in [-0.39, 0.29) is 11.9 Å². The molecule has 1 amide bonds. The van der Waals surface area contributed by atoms with Crippen molar-refractivity contribution in [3.8, 4) is 17.1 Å². The number of nitrogens with zero attached hydrogens (tertiary/aromatic N) is 4. The first-order chi connectivity index (χ1) is 18.1. The van der Waals surface area contributed by atoms with Crippen molar-refractivity contribution >= 4 is 22.6 Å². The second-order valence-electron chi connectivity index (χ2n) is 9.54. The van der Waals surface area contributed by atoms with E-state index in [1.165, 1.54) is 0 Å². The normalized spacial score (nSPS) is 14.9. The lowest BCUT2D eigenvalue weighted by molar-refractivity contribution is -0.121. The van der Waals surface area contributed by atoms with Crippen molar-refractivity contribution in [2.24, 2.45) is 0 Å². The summed E-state index contributed by atoms with van der Waals surface area (Å²) in [6, 6.07) is 16.1. The number of methoxy groups -OCH3 is 1. The van der Waals surface area contributed by atoms with Gasteiger partial charge in [0.15, 0.2) is 5.82 Å². The standard InChI is InChI=1S/C29H39N5O3/c1-4-22(2)30-27(35)14-17-34(16-7-15-33-18-20-37-21-19-33)29-25-8-5-6-9-26(25)31-28(32-29)23-10-12-24(36-3)13-11-23/h5-6,8-13,22H,4,7,14-21H2,1-3H3,(H,30,35)/t22-/m1/s1. The fourth-order valence-corrected chi connectivity index (χ4v) is 4.49. The van der Waals surface area contributed by atoms with E-state index in [1.54, 1.807) is 7.11 Å². The van der Waals surface area contributed by atoms with Gasteiger partial charge in [0.25, 0.3) is 0 Å². The number of fused-ring (bicyclic) bond motifs is 1. The van der Waals surface area contributed by atoms with Gasteiger partial charge in [0.1, 0.15) is 11.6 Å². The van der Waals surface area contributed by atoms with E-state index in [4.69, 9.17) is 19.4 Å². The molecule has 0 bridgehead atoms. The number of carbonyl (C=O) groups is 1. The molecule has 1 aliphatic heterocycles. The van der Waals surface area contributed by atoms with Gasteiger partial charge in [-0.1, -0.05) is 19.1 Å². The van der Waals surface area contributed by atoms with Gasteiger partial charge in [-0.25, -0.2) is 9.97 Å². The highest BCUT2D eigenvalue weighted by molar-refractivity contribution is 5.91. The first-order valence-electron chi connectivity index (χ1n) is 13.3. The molecule has 0 unspecified atom stereocenters. The number of ether oxygens (including phenoxy) is 2. The van der Waals surface area contributed by atoms with Crippen molar-refractivity contribution in [2.75, 3.05) is 57.9 Å². The Hall–Kier alpha value is -3.23. The lowest BCUT2D eigenvalue weighted by atomic mass is 10.1. The minimum Gasteiger partial charge on any atom is -0.497 e. The number of anilines is 1. The van der Waals surface area contributed by atoms with Crippen molar-refractivity contribution < 1.29 is 14.3 Å². The summed E-state index contributed by atoms with van der Waals surface area (Å²) in [6.07, 6.45) is 2.30. The quantitative estimate of drug-likeness (QED) is 0.396. The van der Waals surface area contributed by atoms with Gasteiger partial charge < -0.3 is 19.7 Å². The molecule has 37 heavy (non-hydrogen) atoms. The zero-order chi connectivity index (χ0) is 26.0. The van der Waals surface area contributed by atoms with Gasteiger partial charge >= 0.3 is 0 Å². The van der Waals surface area contributed by atoms with Gasteiger partial charge in [0.05, 0.1) is 25.8 Å². The monoisotopic (exact) mass is 505 g/mol.